The van der Waals surface area contributed by atoms with Gasteiger partial charge in [-0.05, 0) is 31.7 Å². The maximum atomic E-state index is 4.36. The van der Waals surface area contributed by atoms with E-state index in [-0.39, 0.29) is 5.41 Å². The fraction of sp³-hybridized carbons (Fsp3) is 0.846. The minimum absolute atomic E-state index is 0.263. The van der Waals surface area contributed by atoms with Gasteiger partial charge in [0.15, 0.2) is 0 Å². The van der Waals surface area contributed by atoms with E-state index in [2.05, 4.69) is 47.8 Å². The number of aryl methyl sites for hydroxylation is 1. The fourth-order valence-electron chi connectivity index (χ4n) is 2.54. The summed E-state index contributed by atoms with van der Waals surface area (Å²) in [6.45, 7) is 11.0. The van der Waals surface area contributed by atoms with E-state index < -0.39 is 0 Å². The molecule has 0 amide bonds. The smallest absolute Gasteiger partial charge is 0.133 e. The third-order valence-corrected chi connectivity index (χ3v) is 3.26. The molecule has 0 spiro atoms. The van der Waals surface area contributed by atoms with Crippen molar-refractivity contribution in [1.82, 2.24) is 20.1 Å². The minimum Gasteiger partial charge on any atom is -0.315 e. The first kappa shape index (κ1) is 12.6. The molecule has 17 heavy (non-hydrogen) atoms. The molecular weight excluding hydrogens is 212 g/mol. The highest BCUT2D eigenvalue weighted by Crippen LogP contribution is 2.25. The van der Waals surface area contributed by atoms with Crippen molar-refractivity contribution in [1.29, 1.82) is 0 Å². The van der Waals surface area contributed by atoms with Crippen molar-refractivity contribution in [2.24, 2.45) is 5.41 Å². The summed E-state index contributed by atoms with van der Waals surface area (Å²) in [5.74, 6) is 2.20. The van der Waals surface area contributed by atoms with Crippen LogP contribution < -0.4 is 5.32 Å². The Morgan fingerprint density at radius 1 is 1.35 bits per heavy atom. The van der Waals surface area contributed by atoms with Crippen molar-refractivity contribution >= 4 is 0 Å². The molecule has 1 saturated heterocycles. The van der Waals surface area contributed by atoms with E-state index in [0.29, 0.717) is 6.04 Å². The Morgan fingerprint density at radius 3 is 2.71 bits per heavy atom. The van der Waals surface area contributed by atoms with Crippen molar-refractivity contribution in [2.75, 3.05) is 13.1 Å². The standard InChI is InChI=1S/C13H24N4/c1-10-15-16-12(8-13(2,3)4)17(10)11-6-5-7-14-9-11/h11,14H,5-9H2,1-4H3. The second kappa shape index (κ2) is 4.77. The lowest BCUT2D eigenvalue weighted by atomic mass is 9.91. The van der Waals surface area contributed by atoms with Gasteiger partial charge in [-0.25, -0.2) is 0 Å². The van der Waals surface area contributed by atoms with Gasteiger partial charge >= 0.3 is 0 Å². The second-order valence-corrected chi connectivity index (χ2v) is 6.27. The zero-order valence-electron chi connectivity index (χ0n) is 11.5. The summed E-state index contributed by atoms with van der Waals surface area (Å²) in [7, 11) is 0. The molecule has 2 rings (SSSR count). The van der Waals surface area contributed by atoms with Crippen LogP contribution in [0.15, 0.2) is 0 Å². The van der Waals surface area contributed by atoms with Gasteiger partial charge in [0.05, 0.1) is 0 Å². The van der Waals surface area contributed by atoms with E-state index in [9.17, 15) is 0 Å². The predicted octanol–water partition coefficient (Wildman–Crippen LogP) is 2.10. The van der Waals surface area contributed by atoms with Crippen LogP contribution in [0, 0.1) is 12.3 Å². The number of aromatic nitrogens is 3. The van der Waals surface area contributed by atoms with Gasteiger partial charge in [0, 0.05) is 19.0 Å². The topological polar surface area (TPSA) is 42.7 Å². The third-order valence-electron chi connectivity index (χ3n) is 3.26. The molecule has 0 aromatic carbocycles. The Hall–Kier alpha value is -0.900. The number of nitrogens with zero attached hydrogens (tertiary/aromatic N) is 3. The normalized spacial score (nSPS) is 21.8. The van der Waals surface area contributed by atoms with Crippen LogP contribution in [0.5, 0.6) is 0 Å². The van der Waals surface area contributed by atoms with Crippen LogP contribution >= 0.6 is 0 Å². The molecule has 0 bridgehead atoms. The first-order valence-corrected chi connectivity index (χ1v) is 6.58. The second-order valence-electron chi connectivity index (χ2n) is 6.27. The highest BCUT2D eigenvalue weighted by atomic mass is 15.3. The van der Waals surface area contributed by atoms with Gasteiger partial charge in [0.2, 0.25) is 0 Å². The molecule has 0 aliphatic carbocycles. The Bertz CT molecular complexity index is 369. The lowest BCUT2D eigenvalue weighted by Crippen LogP contribution is -2.33. The molecule has 1 aromatic rings. The van der Waals surface area contributed by atoms with Gasteiger partial charge in [-0.2, -0.15) is 0 Å². The summed E-state index contributed by atoms with van der Waals surface area (Å²) in [4.78, 5) is 0. The highest BCUT2D eigenvalue weighted by molar-refractivity contribution is 5.00. The van der Waals surface area contributed by atoms with Crippen LogP contribution in [0.2, 0.25) is 0 Å². The van der Waals surface area contributed by atoms with Crippen LogP contribution in [0.3, 0.4) is 0 Å². The van der Waals surface area contributed by atoms with Crippen molar-refractivity contribution in [2.45, 2.75) is 53.0 Å². The summed E-state index contributed by atoms with van der Waals surface area (Å²) in [6.07, 6.45) is 3.48. The number of hydrogen-bond donors (Lipinski definition) is 1. The maximum Gasteiger partial charge on any atom is 0.133 e. The molecule has 4 nitrogen and oxygen atoms in total. The average Bonchev–Trinajstić information content (AvgIpc) is 2.58. The largest absolute Gasteiger partial charge is 0.315 e. The van der Waals surface area contributed by atoms with E-state index in [1.807, 2.05) is 0 Å². The Kier molecular flexibility index (Phi) is 3.52. The van der Waals surface area contributed by atoms with Crippen LogP contribution in [-0.4, -0.2) is 27.9 Å². The molecule has 1 aromatic heterocycles. The first-order valence-electron chi connectivity index (χ1n) is 6.58. The summed E-state index contributed by atoms with van der Waals surface area (Å²) in [6, 6.07) is 0.538. The van der Waals surface area contributed by atoms with Crippen molar-refractivity contribution in [3.8, 4) is 0 Å². The Labute approximate surface area is 104 Å². The molecule has 1 aliphatic rings. The highest BCUT2D eigenvalue weighted by Gasteiger charge is 2.23. The van der Waals surface area contributed by atoms with Crippen LogP contribution in [0.1, 0.15) is 51.3 Å². The molecule has 2 heterocycles. The minimum atomic E-state index is 0.263. The van der Waals surface area contributed by atoms with Crippen molar-refractivity contribution in [3.63, 3.8) is 0 Å². The zero-order chi connectivity index (χ0) is 12.5. The number of hydrogen-bond acceptors (Lipinski definition) is 3. The van der Waals surface area contributed by atoms with Gasteiger partial charge in [-0.15, -0.1) is 10.2 Å². The van der Waals surface area contributed by atoms with Gasteiger partial charge in [-0.3, -0.25) is 0 Å². The third kappa shape index (κ3) is 3.06. The van der Waals surface area contributed by atoms with Crippen molar-refractivity contribution < 1.29 is 0 Å². The van der Waals surface area contributed by atoms with E-state index in [0.717, 1.165) is 31.2 Å². The van der Waals surface area contributed by atoms with Gasteiger partial charge < -0.3 is 9.88 Å². The lowest BCUT2D eigenvalue weighted by molar-refractivity contribution is 0.336. The monoisotopic (exact) mass is 236 g/mol. The molecule has 0 saturated carbocycles. The maximum absolute atomic E-state index is 4.36. The van der Waals surface area contributed by atoms with Crippen LogP contribution in [-0.2, 0) is 6.42 Å². The average molecular weight is 236 g/mol. The fourth-order valence-corrected chi connectivity index (χ4v) is 2.54. The number of piperidine rings is 1. The van der Waals surface area contributed by atoms with E-state index >= 15 is 0 Å². The SMILES string of the molecule is Cc1nnc(CC(C)(C)C)n1C1CCCNC1. The van der Waals surface area contributed by atoms with Gasteiger partial charge in [0.25, 0.3) is 0 Å². The number of rotatable bonds is 2. The Morgan fingerprint density at radius 2 is 2.12 bits per heavy atom. The van der Waals surface area contributed by atoms with Gasteiger partial charge in [-0.1, -0.05) is 20.8 Å². The molecular formula is C13H24N4. The quantitative estimate of drug-likeness (QED) is 0.855. The molecule has 1 aliphatic heterocycles. The molecule has 1 unspecified atom stereocenters. The summed E-state index contributed by atoms with van der Waals surface area (Å²) >= 11 is 0. The zero-order valence-corrected chi connectivity index (χ0v) is 11.5. The predicted molar refractivity (Wildman–Crippen MR) is 69.1 cm³/mol. The summed E-state index contributed by atoms with van der Waals surface area (Å²) in [5, 5.41) is 12.1. The molecule has 0 radical (unpaired) electrons. The van der Waals surface area contributed by atoms with Crippen LogP contribution in [0.4, 0.5) is 0 Å². The number of nitrogens with one attached hydrogen (secondary N) is 1. The Balaban J connectivity index is 2.22. The molecule has 1 fully saturated rings. The van der Waals surface area contributed by atoms with E-state index in [4.69, 9.17) is 0 Å². The molecule has 4 heteroatoms. The van der Waals surface area contributed by atoms with Crippen molar-refractivity contribution in [3.05, 3.63) is 11.6 Å². The summed E-state index contributed by atoms with van der Waals surface area (Å²) < 4.78 is 2.34. The molecule has 1 atom stereocenters. The van der Waals surface area contributed by atoms with E-state index in [1.165, 1.54) is 12.8 Å². The van der Waals surface area contributed by atoms with Crippen LogP contribution in [0.25, 0.3) is 0 Å². The van der Waals surface area contributed by atoms with Gasteiger partial charge in [0.1, 0.15) is 11.6 Å². The molecule has 96 valence electrons. The summed E-state index contributed by atoms with van der Waals surface area (Å²) in [5.41, 5.74) is 0.263. The van der Waals surface area contributed by atoms with E-state index in [1.54, 1.807) is 0 Å². The molecule has 1 N–H and O–H groups in total. The first-order chi connectivity index (χ1) is 7.97. The lowest BCUT2D eigenvalue weighted by Gasteiger charge is -2.27.